The fraction of sp³-hybridized carbons (Fsp3) is 0.696. The van der Waals surface area contributed by atoms with Gasteiger partial charge < -0.3 is 24.9 Å². The highest BCUT2D eigenvalue weighted by molar-refractivity contribution is 5.89. The molecule has 0 aromatic heterocycles. The van der Waals surface area contributed by atoms with Crippen molar-refractivity contribution in [3.63, 3.8) is 0 Å². The molecule has 168 valence electrons. The summed E-state index contributed by atoms with van der Waals surface area (Å²) in [5, 5.41) is 36.6. The van der Waals surface area contributed by atoms with Crippen LogP contribution in [0.3, 0.4) is 0 Å². The van der Waals surface area contributed by atoms with Crippen LogP contribution in [0.25, 0.3) is 0 Å². The SMILES string of the molecule is CCCC[N+](CCCC)(CCCC)CCCC.O=C(O)c1cc(O)c([O-])c(O)c1. The molecule has 0 atom stereocenters. The molecular weight excluding hydrogens is 370 g/mol. The lowest BCUT2D eigenvalue weighted by atomic mass is 10.1. The van der Waals surface area contributed by atoms with E-state index in [1.54, 1.807) is 0 Å². The monoisotopic (exact) mass is 411 g/mol. The van der Waals surface area contributed by atoms with Gasteiger partial charge in [-0.2, -0.15) is 0 Å². The van der Waals surface area contributed by atoms with Crippen LogP contribution in [0.4, 0.5) is 0 Å². The van der Waals surface area contributed by atoms with Gasteiger partial charge in [0.1, 0.15) is 11.5 Å². The molecule has 0 saturated heterocycles. The third-order valence-corrected chi connectivity index (χ3v) is 5.24. The lowest BCUT2D eigenvalue weighted by Gasteiger charge is -2.39. The molecule has 6 heteroatoms. The van der Waals surface area contributed by atoms with Crippen molar-refractivity contribution in [3.8, 4) is 17.2 Å². The Morgan fingerprint density at radius 3 is 1.34 bits per heavy atom. The number of hydrogen-bond donors (Lipinski definition) is 3. The second-order valence-corrected chi connectivity index (χ2v) is 7.80. The van der Waals surface area contributed by atoms with Crippen LogP contribution in [0.5, 0.6) is 17.2 Å². The normalized spacial score (nSPS) is 11.0. The number of hydrogen-bond acceptors (Lipinski definition) is 4. The summed E-state index contributed by atoms with van der Waals surface area (Å²) in [5.74, 6) is -3.83. The van der Waals surface area contributed by atoms with E-state index in [0.717, 1.165) is 12.1 Å². The zero-order valence-corrected chi connectivity index (χ0v) is 18.7. The predicted molar refractivity (Wildman–Crippen MR) is 116 cm³/mol. The Morgan fingerprint density at radius 1 is 0.793 bits per heavy atom. The first-order valence-electron chi connectivity index (χ1n) is 11.1. The molecule has 1 rings (SSSR count). The Balaban J connectivity index is 0.000000571. The van der Waals surface area contributed by atoms with Crippen molar-refractivity contribution in [2.45, 2.75) is 79.1 Å². The van der Waals surface area contributed by atoms with Gasteiger partial charge in [-0.15, -0.1) is 0 Å². The standard InChI is InChI=1S/C16H36N.C7H6O5/c1-5-9-13-17(14-10-6-2,15-11-7-3)16-12-8-4;8-4-1-3(7(11)12)2-5(9)6(4)10/h5-16H2,1-4H3;1-2,8-10H,(H,11,12)/q+1;/p-1. The van der Waals surface area contributed by atoms with E-state index in [0.29, 0.717) is 0 Å². The van der Waals surface area contributed by atoms with Gasteiger partial charge in [0.15, 0.2) is 0 Å². The largest absolute Gasteiger partial charge is 0.867 e. The maximum absolute atomic E-state index is 10.7. The topological polar surface area (TPSA) is 101 Å². The molecule has 0 aliphatic carbocycles. The molecule has 1 aromatic rings. The highest BCUT2D eigenvalue weighted by Gasteiger charge is 2.24. The van der Waals surface area contributed by atoms with Gasteiger partial charge in [0.05, 0.1) is 31.7 Å². The predicted octanol–water partition coefficient (Wildman–Crippen LogP) is 4.87. The number of aromatic hydroxyl groups is 2. The molecule has 0 radical (unpaired) electrons. The Bertz CT molecular complexity index is 528. The average Bonchev–Trinajstić information content (AvgIpc) is 2.71. The van der Waals surface area contributed by atoms with Gasteiger partial charge in [-0.3, -0.25) is 0 Å². The number of quaternary nitrogens is 1. The number of nitrogens with zero attached hydrogens (tertiary/aromatic N) is 1. The lowest BCUT2D eigenvalue weighted by molar-refractivity contribution is -0.929. The van der Waals surface area contributed by atoms with Gasteiger partial charge in [0, 0.05) is 0 Å². The van der Waals surface area contributed by atoms with Gasteiger partial charge in [0.25, 0.3) is 0 Å². The van der Waals surface area contributed by atoms with E-state index in [-0.39, 0.29) is 5.56 Å². The van der Waals surface area contributed by atoms with Crippen LogP contribution < -0.4 is 5.11 Å². The third-order valence-electron chi connectivity index (χ3n) is 5.24. The number of phenolic OH excluding ortho intramolecular Hbond substituents is 2. The number of phenols is 2. The van der Waals surface area contributed by atoms with Crippen molar-refractivity contribution in [2.24, 2.45) is 0 Å². The minimum absolute atomic E-state index is 0.329. The zero-order chi connectivity index (χ0) is 22.3. The second kappa shape index (κ2) is 15.0. The average molecular weight is 412 g/mol. The van der Waals surface area contributed by atoms with E-state index >= 15 is 0 Å². The molecule has 0 heterocycles. The van der Waals surface area contributed by atoms with Gasteiger partial charge in [-0.05, 0) is 43.6 Å². The number of carbonyl (C=O) groups is 1. The first-order valence-corrected chi connectivity index (χ1v) is 11.1. The van der Waals surface area contributed by atoms with Gasteiger partial charge in [0.2, 0.25) is 0 Å². The summed E-state index contributed by atoms with van der Waals surface area (Å²) in [7, 11) is 0. The van der Waals surface area contributed by atoms with E-state index in [2.05, 4.69) is 27.7 Å². The fourth-order valence-electron chi connectivity index (χ4n) is 3.37. The zero-order valence-electron chi connectivity index (χ0n) is 18.7. The second-order valence-electron chi connectivity index (χ2n) is 7.80. The van der Waals surface area contributed by atoms with Crippen molar-refractivity contribution < 1.29 is 29.7 Å². The van der Waals surface area contributed by atoms with Gasteiger partial charge in [-0.25, -0.2) is 4.79 Å². The Labute approximate surface area is 176 Å². The number of unbranched alkanes of at least 4 members (excludes halogenated alkanes) is 4. The van der Waals surface area contributed by atoms with Gasteiger partial charge >= 0.3 is 5.97 Å². The summed E-state index contributed by atoms with van der Waals surface area (Å²) < 4.78 is 1.42. The molecule has 29 heavy (non-hydrogen) atoms. The number of rotatable bonds is 13. The molecule has 0 amide bonds. The van der Waals surface area contributed by atoms with E-state index < -0.39 is 23.2 Å². The number of carboxylic acids is 1. The summed E-state index contributed by atoms with van der Waals surface area (Å²) >= 11 is 0. The lowest BCUT2D eigenvalue weighted by Crippen LogP contribution is -2.50. The molecular formula is C23H41NO5. The molecule has 0 saturated carbocycles. The van der Waals surface area contributed by atoms with Crippen LogP contribution in [-0.4, -0.2) is 52.0 Å². The first kappa shape index (κ1) is 27.0. The van der Waals surface area contributed by atoms with E-state index in [4.69, 9.17) is 15.3 Å². The van der Waals surface area contributed by atoms with Gasteiger partial charge in [-0.1, -0.05) is 53.4 Å². The van der Waals surface area contributed by atoms with Crippen molar-refractivity contribution >= 4 is 5.97 Å². The molecule has 6 nitrogen and oxygen atoms in total. The highest BCUT2D eigenvalue weighted by Crippen LogP contribution is 2.32. The number of benzene rings is 1. The van der Waals surface area contributed by atoms with Crippen LogP contribution in [0, 0.1) is 0 Å². The summed E-state index contributed by atoms with van der Waals surface area (Å²) in [6.07, 6.45) is 11.1. The van der Waals surface area contributed by atoms with Crippen LogP contribution in [0.2, 0.25) is 0 Å². The Hall–Kier alpha value is -1.95. The smallest absolute Gasteiger partial charge is 0.335 e. The molecule has 3 N–H and O–H groups in total. The van der Waals surface area contributed by atoms with Crippen LogP contribution in [0.1, 0.15) is 89.4 Å². The summed E-state index contributed by atoms with van der Waals surface area (Å²) in [4.78, 5) is 10.3. The molecule has 1 aromatic carbocycles. The molecule has 0 fully saturated rings. The van der Waals surface area contributed by atoms with Crippen LogP contribution in [-0.2, 0) is 0 Å². The van der Waals surface area contributed by atoms with E-state index in [1.165, 1.54) is 82.0 Å². The van der Waals surface area contributed by atoms with E-state index in [1.807, 2.05) is 0 Å². The Morgan fingerprint density at radius 2 is 1.10 bits per heavy atom. The Kier molecular flexibility index (Phi) is 14.0. The third kappa shape index (κ3) is 10.4. The maximum Gasteiger partial charge on any atom is 0.335 e. The van der Waals surface area contributed by atoms with Crippen molar-refractivity contribution in [3.05, 3.63) is 17.7 Å². The van der Waals surface area contributed by atoms with Crippen LogP contribution in [0.15, 0.2) is 12.1 Å². The highest BCUT2D eigenvalue weighted by atomic mass is 16.4. The molecule has 0 spiro atoms. The van der Waals surface area contributed by atoms with Crippen LogP contribution >= 0.6 is 0 Å². The quantitative estimate of drug-likeness (QED) is 0.402. The minimum atomic E-state index is -1.32. The molecule has 0 unspecified atom stereocenters. The summed E-state index contributed by atoms with van der Waals surface area (Å²) in [6.45, 7) is 15.0. The number of carboxylic acid groups (broad SMARTS) is 1. The molecule has 0 aliphatic rings. The molecule has 0 bridgehead atoms. The van der Waals surface area contributed by atoms with Crippen molar-refractivity contribution in [2.75, 3.05) is 26.2 Å². The maximum atomic E-state index is 10.7. The van der Waals surface area contributed by atoms with Crippen molar-refractivity contribution in [1.82, 2.24) is 0 Å². The van der Waals surface area contributed by atoms with E-state index in [9.17, 15) is 9.90 Å². The fourth-order valence-corrected chi connectivity index (χ4v) is 3.37. The molecule has 0 aliphatic heterocycles. The summed E-state index contributed by atoms with van der Waals surface area (Å²) in [6, 6.07) is 1.56. The number of aromatic carboxylic acids is 1. The van der Waals surface area contributed by atoms with Crippen molar-refractivity contribution in [1.29, 1.82) is 0 Å². The summed E-state index contributed by atoms with van der Waals surface area (Å²) in [5.41, 5.74) is -0.329. The first-order chi connectivity index (χ1) is 13.8. The minimum Gasteiger partial charge on any atom is -0.867 e.